The maximum atomic E-state index is 13.6. The van der Waals surface area contributed by atoms with E-state index >= 15 is 0 Å². The molecule has 0 unspecified atom stereocenters. The Morgan fingerprint density at radius 3 is 1.33 bits per heavy atom. The summed E-state index contributed by atoms with van der Waals surface area (Å²) in [6.07, 6.45) is -7.80. The number of rotatable bonds is 9. The number of carbonyl (C=O) groups is 1. The summed E-state index contributed by atoms with van der Waals surface area (Å²) >= 11 is 4.99. The zero-order chi connectivity index (χ0) is 28.9. The molecule has 0 bridgehead atoms. The maximum absolute atomic E-state index is 13.6. The Labute approximate surface area is 191 Å². The fourth-order valence-corrected chi connectivity index (χ4v) is 2.16. The average molecular weight is 587 g/mol. The molecule has 0 aliphatic carbocycles. The summed E-state index contributed by atoms with van der Waals surface area (Å²) < 4.78 is 226. The van der Waals surface area contributed by atoms with Gasteiger partial charge in [0.2, 0.25) is 5.83 Å². The predicted octanol–water partition coefficient (Wildman–Crippen LogP) is 7.93. The Morgan fingerprint density at radius 2 is 0.972 bits per heavy atom. The molecule has 0 radical (unpaired) electrons. The lowest BCUT2D eigenvalue weighted by atomic mass is 9.91. The second-order valence-electron chi connectivity index (χ2n) is 6.43. The smallest absolute Gasteiger partial charge is 0.430 e. The molecule has 0 spiro atoms. The Balaban J connectivity index is 3.54. The summed E-state index contributed by atoms with van der Waals surface area (Å²) in [4.78, 5) is 10.8. The van der Waals surface area contributed by atoms with Crippen LogP contribution in [-0.4, -0.2) is 47.0 Å². The topological polar surface area (TPSA) is 26.3 Å². The standard InChI is InChI=1S/C16H4ClF17O2/c17-8(35)5-1-3-6(4-2-5)36-9(19)7(18)10(20,21)11(22,23)12(24,25)13(26,27)14(28,29)15(30,31)16(32,33)34/h1-4H/b9-7-. The van der Waals surface area contributed by atoms with Gasteiger partial charge in [-0.3, -0.25) is 4.79 Å². The van der Waals surface area contributed by atoms with Crippen molar-refractivity contribution >= 4 is 16.8 Å². The molecule has 0 aromatic heterocycles. The van der Waals surface area contributed by atoms with Crippen molar-refractivity contribution in [2.24, 2.45) is 0 Å². The van der Waals surface area contributed by atoms with Gasteiger partial charge >= 0.3 is 47.7 Å². The van der Waals surface area contributed by atoms with Gasteiger partial charge in [0.25, 0.3) is 5.24 Å². The van der Waals surface area contributed by atoms with Crippen molar-refractivity contribution in [3.63, 3.8) is 0 Å². The van der Waals surface area contributed by atoms with Gasteiger partial charge < -0.3 is 4.74 Å². The summed E-state index contributed by atoms with van der Waals surface area (Å²) in [5.41, 5.74) is -0.413. The van der Waals surface area contributed by atoms with Gasteiger partial charge in [0.1, 0.15) is 5.75 Å². The van der Waals surface area contributed by atoms with Crippen LogP contribution < -0.4 is 4.74 Å². The summed E-state index contributed by atoms with van der Waals surface area (Å²) in [5.74, 6) is -55.6. The molecule has 206 valence electrons. The number of halogens is 18. The van der Waals surface area contributed by atoms with Gasteiger partial charge in [0, 0.05) is 5.56 Å². The number of hydrogen-bond acceptors (Lipinski definition) is 2. The van der Waals surface area contributed by atoms with E-state index in [2.05, 4.69) is 4.74 Å². The molecular formula is C16H4ClF17O2. The minimum absolute atomic E-state index is 0.404. The first-order valence-corrected chi connectivity index (χ1v) is 8.46. The third kappa shape index (κ3) is 4.65. The van der Waals surface area contributed by atoms with Gasteiger partial charge in [0.05, 0.1) is 0 Å². The van der Waals surface area contributed by atoms with E-state index in [9.17, 15) is 79.4 Å². The molecule has 2 nitrogen and oxygen atoms in total. The molecule has 1 rings (SSSR count). The second kappa shape index (κ2) is 9.13. The molecule has 36 heavy (non-hydrogen) atoms. The van der Waals surface area contributed by atoms with E-state index in [4.69, 9.17) is 11.6 Å². The minimum atomic E-state index is -8.66. The third-order valence-electron chi connectivity index (χ3n) is 4.06. The largest absolute Gasteiger partial charge is 0.460 e. The molecule has 0 atom stereocenters. The minimum Gasteiger partial charge on any atom is -0.430 e. The van der Waals surface area contributed by atoms with Crippen molar-refractivity contribution in [1.29, 1.82) is 0 Å². The van der Waals surface area contributed by atoms with Crippen molar-refractivity contribution in [3.05, 3.63) is 41.7 Å². The lowest BCUT2D eigenvalue weighted by molar-refractivity contribution is -0.451. The van der Waals surface area contributed by atoms with E-state index in [1.165, 1.54) is 0 Å². The highest BCUT2D eigenvalue weighted by Gasteiger charge is 2.93. The number of alkyl halides is 15. The third-order valence-corrected chi connectivity index (χ3v) is 4.28. The van der Waals surface area contributed by atoms with E-state index in [0.29, 0.717) is 24.3 Å². The van der Waals surface area contributed by atoms with Crippen LogP contribution in [0.1, 0.15) is 10.4 Å². The van der Waals surface area contributed by atoms with Gasteiger partial charge in [-0.1, -0.05) is 0 Å². The first-order chi connectivity index (χ1) is 15.7. The number of benzene rings is 1. The fraction of sp³-hybridized carbons (Fsp3) is 0.438. The molecular weight excluding hydrogens is 583 g/mol. The number of allylic oxidation sites excluding steroid dienone is 1. The quantitative estimate of drug-likeness (QED) is 0.167. The van der Waals surface area contributed by atoms with E-state index in [1.807, 2.05) is 0 Å². The fourth-order valence-electron chi connectivity index (χ4n) is 2.03. The van der Waals surface area contributed by atoms with Crippen LogP contribution in [0.4, 0.5) is 74.6 Å². The van der Waals surface area contributed by atoms with Gasteiger partial charge in [-0.15, -0.1) is 0 Å². The van der Waals surface area contributed by atoms with Crippen LogP contribution in [0.3, 0.4) is 0 Å². The summed E-state index contributed by atoms with van der Waals surface area (Å²) in [6, 6.07) is -1.57. The zero-order valence-electron chi connectivity index (χ0n) is 15.9. The number of ether oxygens (including phenoxy) is 1. The van der Waals surface area contributed by atoms with Gasteiger partial charge in [-0.05, 0) is 35.9 Å². The molecule has 1 aromatic rings. The Bertz CT molecular complexity index is 1010. The highest BCUT2D eigenvalue weighted by molar-refractivity contribution is 6.67. The van der Waals surface area contributed by atoms with Gasteiger partial charge in [-0.25, -0.2) is 0 Å². The lowest BCUT2D eigenvalue weighted by Crippen LogP contribution is -2.72. The monoisotopic (exact) mass is 586 g/mol. The molecule has 0 fully saturated rings. The first-order valence-electron chi connectivity index (χ1n) is 8.09. The van der Waals surface area contributed by atoms with Crippen molar-refractivity contribution in [3.8, 4) is 5.75 Å². The van der Waals surface area contributed by atoms with Crippen LogP contribution in [0.15, 0.2) is 36.1 Å². The van der Waals surface area contributed by atoms with Crippen LogP contribution in [0.25, 0.3) is 0 Å². The molecule has 0 aliphatic rings. The molecule has 0 saturated carbocycles. The van der Waals surface area contributed by atoms with Crippen LogP contribution in [0.5, 0.6) is 5.75 Å². The molecule has 0 saturated heterocycles. The van der Waals surface area contributed by atoms with E-state index in [1.54, 1.807) is 0 Å². The van der Waals surface area contributed by atoms with E-state index < -0.39 is 70.1 Å². The zero-order valence-corrected chi connectivity index (χ0v) is 16.7. The SMILES string of the molecule is O=C(Cl)c1ccc(O/C(F)=C(\F)C(F)(F)C(F)(F)C(F)(F)C(F)(F)C(F)(F)C(F)(F)C(F)(F)F)cc1. The van der Waals surface area contributed by atoms with Crippen LogP contribution >= 0.6 is 11.6 Å². The van der Waals surface area contributed by atoms with Crippen LogP contribution in [0, 0.1) is 0 Å². The molecule has 0 N–H and O–H groups in total. The summed E-state index contributed by atoms with van der Waals surface area (Å²) in [6.45, 7) is 0. The summed E-state index contributed by atoms with van der Waals surface area (Å²) in [7, 11) is 0. The number of hydrogen-bond donors (Lipinski definition) is 0. The lowest BCUT2D eigenvalue weighted by Gasteiger charge is -2.41. The van der Waals surface area contributed by atoms with Gasteiger partial charge in [0.15, 0.2) is 0 Å². The number of carbonyl (C=O) groups excluding carboxylic acids is 1. The highest BCUT2D eigenvalue weighted by Crippen LogP contribution is 2.63. The van der Waals surface area contributed by atoms with Crippen molar-refractivity contribution in [2.75, 3.05) is 0 Å². The van der Waals surface area contributed by atoms with Crippen molar-refractivity contribution in [2.45, 2.75) is 41.7 Å². The molecule has 0 amide bonds. The molecule has 20 heteroatoms. The van der Waals surface area contributed by atoms with E-state index in [0.717, 1.165) is 0 Å². The average Bonchev–Trinajstić information content (AvgIpc) is 2.71. The highest BCUT2D eigenvalue weighted by atomic mass is 35.5. The second-order valence-corrected chi connectivity index (χ2v) is 6.78. The molecule has 0 aliphatic heterocycles. The predicted molar refractivity (Wildman–Crippen MR) is 82.2 cm³/mol. The van der Waals surface area contributed by atoms with E-state index in [-0.39, 0.29) is 0 Å². The normalized spacial score (nSPS) is 15.5. The molecule has 1 aromatic carbocycles. The maximum Gasteiger partial charge on any atom is 0.460 e. The Morgan fingerprint density at radius 1 is 0.611 bits per heavy atom. The van der Waals surface area contributed by atoms with Gasteiger partial charge in [-0.2, -0.15) is 74.6 Å². The van der Waals surface area contributed by atoms with Crippen molar-refractivity contribution < 1.29 is 84.2 Å². The van der Waals surface area contributed by atoms with Crippen molar-refractivity contribution in [1.82, 2.24) is 0 Å². The summed E-state index contributed by atoms with van der Waals surface area (Å²) in [5, 5.41) is -1.19. The molecule has 0 heterocycles. The van der Waals surface area contributed by atoms with Crippen LogP contribution in [-0.2, 0) is 0 Å². The Kier molecular flexibility index (Phi) is 8.00. The Hall–Kier alpha value is -2.47. The first kappa shape index (κ1) is 31.6. The van der Waals surface area contributed by atoms with Crippen LogP contribution in [0.2, 0.25) is 0 Å².